The summed E-state index contributed by atoms with van der Waals surface area (Å²) >= 11 is 1.57. The molecule has 0 aliphatic heterocycles. The summed E-state index contributed by atoms with van der Waals surface area (Å²) in [4.78, 5) is 8.34. The van der Waals surface area contributed by atoms with Crippen LogP contribution < -0.4 is 5.73 Å². The quantitative estimate of drug-likeness (QED) is 0.906. The van der Waals surface area contributed by atoms with Gasteiger partial charge < -0.3 is 5.73 Å². The Balaban J connectivity index is 2.32. The fourth-order valence-corrected chi connectivity index (χ4v) is 2.76. The summed E-state index contributed by atoms with van der Waals surface area (Å²) in [5.41, 5.74) is 8.12. The maximum absolute atomic E-state index is 5.89. The molecule has 0 amide bonds. The zero-order chi connectivity index (χ0) is 13.1. The van der Waals surface area contributed by atoms with Crippen LogP contribution >= 0.6 is 11.8 Å². The first kappa shape index (κ1) is 13.0. The highest BCUT2D eigenvalue weighted by Gasteiger charge is 2.16. The minimum Gasteiger partial charge on any atom is -0.328 e. The predicted molar refractivity (Wildman–Crippen MR) is 71.5 cm³/mol. The van der Waals surface area contributed by atoms with Crippen LogP contribution in [-0.4, -0.2) is 25.8 Å². The van der Waals surface area contributed by atoms with Gasteiger partial charge in [-0.15, -0.1) is 0 Å². The molecule has 0 saturated carbocycles. The summed E-state index contributed by atoms with van der Waals surface area (Å²) in [6.45, 7) is 4.02. The second-order valence-corrected chi connectivity index (χ2v) is 5.33. The first-order chi connectivity index (χ1) is 8.58. The van der Waals surface area contributed by atoms with Crippen molar-refractivity contribution in [3.8, 4) is 0 Å². The van der Waals surface area contributed by atoms with E-state index >= 15 is 0 Å². The van der Waals surface area contributed by atoms with Crippen LogP contribution in [0.5, 0.6) is 0 Å². The predicted octanol–water partition coefficient (Wildman–Crippen LogP) is 1.56. The fourth-order valence-electron chi connectivity index (χ4n) is 1.80. The molecule has 6 heteroatoms. The SMILES string of the molecule is Cc1nn(C)c(Sc2cnccn2)c1CC(C)N. The molecule has 0 spiro atoms. The van der Waals surface area contributed by atoms with E-state index in [1.165, 1.54) is 5.56 Å². The molecule has 2 aromatic rings. The molecule has 0 bridgehead atoms. The molecule has 0 aliphatic carbocycles. The minimum absolute atomic E-state index is 0.120. The highest BCUT2D eigenvalue weighted by atomic mass is 32.2. The van der Waals surface area contributed by atoms with E-state index in [1.54, 1.807) is 30.4 Å². The standard InChI is InChI=1S/C12H17N5S/c1-8(13)6-10-9(2)16-17(3)12(10)18-11-7-14-4-5-15-11/h4-5,7-8H,6,13H2,1-3H3. The molecule has 2 aromatic heterocycles. The third-order valence-electron chi connectivity index (χ3n) is 2.56. The van der Waals surface area contributed by atoms with E-state index in [4.69, 9.17) is 5.73 Å². The van der Waals surface area contributed by atoms with Gasteiger partial charge in [0, 0.05) is 31.0 Å². The van der Waals surface area contributed by atoms with Gasteiger partial charge in [-0.1, -0.05) is 0 Å². The molecule has 0 radical (unpaired) electrons. The van der Waals surface area contributed by atoms with E-state index < -0.39 is 0 Å². The Bertz CT molecular complexity index is 521. The zero-order valence-corrected chi connectivity index (χ0v) is 11.6. The van der Waals surface area contributed by atoms with Gasteiger partial charge >= 0.3 is 0 Å². The molecule has 0 aromatic carbocycles. The van der Waals surface area contributed by atoms with Crippen LogP contribution in [0.4, 0.5) is 0 Å². The average Bonchev–Trinajstić information content (AvgIpc) is 2.57. The minimum atomic E-state index is 0.120. The fraction of sp³-hybridized carbons (Fsp3) is 0.417. The Morgan fingerprint density at radius 2 is 2.22 bits per heavy atom. The Hall–Kier alpha value is -1.40. The molecular weight excluding hydrogens is 246 g/mol. The molecule has 5 nitrogen and oxygen atoms in total. The van der Waals surface area contributed by atoms with Crippen molar-refractivity contribution >= 4 is 11.8 Å². The number of nitrogens with two attached hydrogens (primary N) is 1. The largest absolute Gasteiger partial charge is 0.328 e. The van der Waals surface area contributed by atoms with Crippen molar-refractivity contribution in [2.75, 3.05) is 0 Å². The lowest BCUT2D eigenvalue weighted by Gasteiger charge is -2.07. The van der Waals surface area contributed by atoms with E-state index in [-0.39, 0.29) is 6.04 Å². The monoisotopic (exact) mass is 263 g/mol. The summed E-state index contributed by atoms with van der Waals surface area (Å²) in [7, 11) is 1.94. The maximum atomic E-state index is 5.89. The van der Waals surface area contributed by atoms with Crippen LogP contribution in [0.1, 0.15) is 18.2 Å². The van der Waals surface area contributed by atoms with Crippen molar-refractivity contribution in [1.29, 1.82) is 0 Å². The lowest BCUT2D eigenvalue weighted by molar-refractivity contribution is 0.677. The van der Waals surface area contributed by atoms with Crippen LogP contribution in [0.15, 0.2) is 28.6 Å². The highest BCUT2D eigenvalue weighted by molar-refractivity contribution is 7.99. The Morgan fingerprint density at radius 3 is 2.83 bits per heavy atom. The number of nitrogens with zero attached hydrogens (tertiary/aromatic N) is 4. The third kappa shape index (κ3) is 2.88. The Labute approximate surface area is 111 Å². The number of hydrogen-bond acceptors (Lipinski definition) is 5. The van der Waals surface area contributed by atoms with Crippen molar-refractivity contribution < 1.29 is 0 Å². The van der Waals surface area contributed by atoms with E-state index in [0.717, 1.165) is 22.2 Å². The van der Waals surface area contributed by atoms with E-state index in [1.807, 2.05) is 25.6 Å². The van der Waals surface area contributed by atoms with Crippen molar-refractivity contribution in [3.63, 3.8) is 0 Å². The van der Waals surface area contributed by atoms with Crippen LogP contribution in [0.3, 0.4) is 0 Å². The molecule has 2 rings (SSSR count). The molecule has 18 heavy (non-hydrogen) atoms. The Kier molecular flexibility index (Phi) is 3.98. The summed E-state index contributed by atoms with van der Waals surface area (Å²) in [6.07, 6.45) is 5.93. The van der Waals surface area contributed by atoms with Gasteiger partial charge in [0.2, 0.25) is 0 Å². The summed E-state index contributed by atoms with van der Waals surface area (Å²) in [5, 5.41) is 6.41. The first-order valence-electron chi connectivity index (χ1n) is 5.80. The number of rotatable bonds is 4. The molecule has 2 heterocycles. The van der Waals surface area contributed by atoms with Crippen molar-refractivity contribution in [2.45, 2.75) is 36.4 Å². The van der Waals surface area contributed by atoms with Crippen molar-refractivity contribution in [2.24, 2.45) is 12.8 Å². The first-order valence-corrected chi connectivity index (χ1v) is 6.61. The number of aromatic nitrogens is 4. The van der Waals surface area contributed by atoms with Crippen LogP contribution in [0.25, 0.3) is 0 Å². The van der Waals surface area contributed by atoms with Crippen molar-refractivity contribution in [3.05, 3.63) is 29.8 Å². The molecule has 2 N–H and O–H groups in total. The number of aryl methyl sites for hydroxylation is 2. The Morgan fingerprint density at radius 1 is 1.44 bits per heavy atom. The van der Waals surface area contributed by atoms with Gasteiger partial charge in [0.25, 0.3) is 0 Å². The molecule has 1 unspecified atom stereocenters. The summed E-state index contributed by atoms with van der Waals surface area (Å²) in [5.74, 6) is 0. The van der Waals surface area contributed by atoms with Crippen LogP contribution in [-0.2, 0) is 13.5 Å². The lowest BCUT2D eigenvalue weighted by Crippen LogP contribution is -2.18. The van der Waals surface area contributed by atoms with Gasteiger partial charge in [-0.25, -0.2) is 4.98 Å². The van der Waals surface area contributed by atoms with Crippen LogP contribution in [0.2, 0.25) is 0 Å². The summed E-state index contributed by atoms with van der Waals surface area (Å²) < 4.78 is 1.88. The normalized spacial score (nSPS) is 12.7. The second-order valence-electron chi connectivity index (χ2n) is 4.32. The smallest absolute Gasteiger partial charge is 0.121 e. The highest BCUT2D eigenvalue weighted by Crippen LogP contribution is 2.30. The molecule has 0 fully saturated rings. The molecule has 0 aliphatic rings. The zero-order valence-electron chi connectivity index (χ0n) is 10.8. The molecular formula is C12H17N5S. The maximum Gasteiger partial charge on any atom is 0.121 e. The summed E-state index contributed by atoms with van der Waals surface area (Å²) in [6, 6.07) is 0.120. The molecule has 0 saturated heterocycles. The van der Waals surface area contributed by atoms with Gasteiger partial charge in [-0.3, -0.25) is 9.67 Å². The van der Waals surface area contributed by atoms with Crippen molar-refractivity contribution in [1.82, 2.24) is 19.7 Å². The second kappa shape index (κ2) is 5.49. The topological polar surface area (TPSA) is 69.6 Å². The van der Waals surface area contributed by atoms with E-state index in [2.05, 4.69) is 15.1 Å². The van der Waals surface area contributed by atoms with Gasteiger partial charge in [0.1, 0.15) is 10.1 Å². The van der Waals surface area contributed by atoms with Gasteiger partial charge in [-0.2, -0.15) is 5.10 Å². The van der Waals surface area contributed by atoms with Crippen LogP contribution in [0, 0.1) is 6.92 Å². The average molecular weight is 263 g/mol. The van der Waals surface area contributed by atoms with Gasteiger partial charge in [-0.05, 0) is 32.0 Å². The number of hydrogen-bond donors (Lipinski definition) is 1. The lowest BCUT2D eigenvalue weighted by atomic mass is 10.1. The van der Waals surface area contributed by atoms with E-state index in [0.29, 0.717) is 0 Å². The van der Waals surface area contributed by atoms with Gasteiger partial charge in [0.05, 0.1) is 11.9 Å². The third-order valence-corrected chi connectivity index (χ3v) is 3.68. The molecule has 1 atom stereocenters. The van der Waals surface area contributed by atoms with E-state index in [9.17, 15) is 0 Å². The molecule has 96 valence electrons. The van der Waals surface area contributed by atoms with Gasteiger partial charge in [0.15, 0.2) is 0 Å².